The first-order chi connectivity index (χ1) is 25.7. The summed E-state index contributed by atoms with van der Waals surface area (Å²) in [4.78, 5) is 19.5. The second-order valence-electron chi connectivity index (χ2n) is 13.1. The van der Waals surface area contributed by atoms with Crippen LogP contribution in [-0.2, 0) is 0 Å². The van der Waals surface area contributed by atoms with Crippen LogP contribution in [0.15, 0.2) is 182 Å². The third kappa shape index (κ3) is 5.34. The number of rotatable bonds is 5. The molecule has 0 bridgehead atoms. The van der Waals surface area contributed by atoms with E-state index in [1.54, 1.807) is 0 Å². The number of fused-ring (bicyclic) bond motifs is 4. The maximum absolute atomic E-state index is 5.08. The second kappa shape index (κ2) is 12.4. The van der Waals surface area contributed by atoms with Gasteiger partial charge < -0.3 is 0 Å². The van der Waals surface area contributed by atoms with Gasteiger partial charge in [0.15, 0.2) is 0 Å². The van der Waals surface area contributed by atoms with Crippen LogP contribution < -0.4 is 0 Å². The molecule has 52 heavy (non-hydrogen) atoms. The Bertz CT molecular complexity index is 2770. The Morgan fingerprint density at radius 1 is 0.288 bits per heavy atom. The van der Waals surface area contributed by atoms with E-state index in [1.807, 2.05) is 24.5 Å². The van der Waals surface area contributed by atoms with E-state index < -0.39 is 0 Å². The number of nitrogens with zero attached hydrogens (tertiary/aromatic N) is 4. The van der Waals surface area contributed by atoms with E-state index in [0.29, 0.717) is 0 Å². The SMILES string of the molecule is c1cc(-c2ccc3cc(-c4ccc5nc(-c6cccc(-c7cccc8cccnc78)c6)ccc5c4)ccc3n2)cc(-c2cccc3cccnc23)c1. The van der Waals surface area contributed by atoms with Gasteiger partial charge in [0, 0.05) is 56.2 Å². The van der Waals surface area contributed by atoms with Crippen molar-refractivity contribution in [1.82, 2.24) is 19.9 Å². The number of pyridine rings is 4. The van der Waals surface area contributed by atoms with Gasteiger partial charge in [-0.2, -0.15) is 0 Å². The Kier molecular flexibility index (Phi) is 7.10. The molecule has 0 amide bonds. The number of para-hydroxylation sites is 2. The van der Waals surface area contributed by atoms with Crippen LogP contribution in [0.1, 0.15) is 0 Å². The van der Waals surface area contributed by atoms with Crippen molar-refractivity contribution in [2.24, 2.45) is 0 Å². The summed E-state index contributed by atoms with van der Waals surface area (Å²) in [5.74, 6) is 0. The third-order valence-electron chi connectivity index (χ3n) is 9.92. The molecule has 10 aromatic rings. The zero-order chi connectivity index (χ0) is 34.4. The zero-order valence-corrected chi connectivity index (χ0v) is 28.1. The van der Waals surface area contributed by atoms with Crippen LogP contribution in [0.4, 0.5) is 0 Å². The molecule has 10 rings (SSSR count). The molecule has 0 saturated heterocycles. The summed E-state index contributed by atoms with van der Waals surface area (Å²) in [5.41, 5.74) is 14.8. The van der Waals surface area contributed by atoms with Crippen LogP contribution >= 0.6 is 0 Å². The first kappa shape index (κ1) is 29.8. The summed E-state index contributed by atoms with van der Waals surface area (Å²) in [6, 6.07) is 59.5. The molecule has 0 unspecified atom stereocenters. The van der Waals surface area contributed by atoms with Crippen LogP contribution in [0, 0.1) is 0 Å². The second-order valence-corrected chi connectivity index (χ2v) is 13.1. The fourth-order valence-electron chi connectivity index (χ4n) is 7.30. The fourth-order valence-corrected chi connectivity index (χ4v) is 7.30. The van der Waals surface area contributed by atoms with Gasteiger partial charge in [-0.05, 0) is 82.9 Å². The maximum Gasteiger partial charge on any atom is 0.0780 e. The molecule has 0 N–H and O–H groups in total. The van der Waals surface area contributed by atoms with Gasteiger partial charge in [-0.25, -0.2) is 9.97 Å². The molecular weight excluding hydrogens is 633 g/mol. The summed E-state index contributed by atoms with van der Waals surface area (Å²) in [5, 5.41) is 4.47. The van der Waals surface area contributed by atoms with Gasteiger partial charge in [-0.1, -0.05) is 109 Å². The van der Waals surface area contributed by atoms with Crippen molar-refractivity contribution in [3.63, 3.8) is 0 Å². The van der Waals surface area contributed by atoms with E-state index >= 15 is 0 Å². The molecule has 4 heterocycles. The molecular formula is C48H30N4. The van der Waals surface area contributed by atoms with E-state index in [2.05, 4.69) is 168 Å². The standard InChI is InChI=1S/C48H30N4/c1-9-35(41-15-3-7-31-13-5-25-49-47(31)41)29-37(11-1)43-23-19-39-27-33(17-21-45(39)51-43)34-18-22-46-40(28-34)20-24-44(52-46)38-12-2-10-36(30-38)42-16-4-8-32-14-6-26-50-48(32)42/h1-30H. The third-order valence-corrected chi connectivity index (χ3v) is 9.92. The number of benzene rings is 6. The maximum atomic E-state index is 5.08. The Hall–Kier alpha value is -7.04. The number of hydrogen-bond acceptors (Lipinski definition) is 4. The molecule has 0 fully saturated rings. The summed E-state index contributed by atoms with van der Waals surface area (Å²) >= 11 is 0. The fraction of sp³-hybridized carbons (Fsp3) is 0. The highest BCUT2D eigenvalue weighted by Gasteiger charge is 2.11. The van der Waals surface area contributed by atoms with Crippen molar-refractivity contribution in [3.05, 3.63) is 182 Å². The summed E-state index contributed by atoms with van der Waals surface area (Å²) in [6.07, 6.45) is 3.71. The smallest absolute Gasteiger partial charge is 0.0780 e. The largest absolute Gasteiger partial charge is 0.256 e. The van der Waals surface area contributed by atoms with Crippen molar-refractivity contribution >= 4 is 43.6 Å². The Balaban J connectivity index is 0.936. The van der Waals surface area contributed by atoms with Gasteiger partial charge in [-0.15, -0.1) is 0 Å². The van der Waals surface area contributed by atoms with Gasteiger partial charge in [0.1, 0.15) is 0 Å². The molecule has 0 atom stereocenters. The lowest BCUT2D eigenvalue weighted by molar-refractivity contribution is 1.39. The van der Waals surface area contributed by atoms with Crippen molar-refractivity contribution in [2.45, 2.75) is 0 Å². The molecule has 4 heteroatoms. The normalized spacial score (nSPS) is 11.5. The van der Waals surface area contributed by atoms with Crippen LogP contribution in [0.3, 0.4) is 0 Å². The van der Waals surface area contributed by atoms with Gasteiger partial charge in [-0.3, -0.25) is 9.97 Å². The Labute approximate surface area is 300 Å². The molecule has 4 nitrogen and oxygen atoms in total. The van der Waals surface area contributed by atoms with Gasteiger partial charge in [0.05, 0.1) is 33.5 Å². The topological polar surface area (TPSA) is 51.6 Å². The molecule has 0 radical (unpaired) electrons. The van der Waals surface area contributed by atoms with Crippen molar-refractivity contribution in [2.75, 3.05) is 0 Å². The lowest BCUT2D eigenvalue weighted by Crippen LogP contribution is -1.89. The molecule has 0 aliphatic heterocycles. The average molecular weight is 663 g/mol. The van der Waals surface area contributed by atoms with E-state index in [4.69, 9.17) is 9.97 Å². The first-order valence-corrected chi connectivity index (χ1v) is 17.4. The lowest BCUT2D eigenvalue weighted by atomic mass is 9.98. The molecule has 242 valence electrons. The highest BCUT2D eigenvalue weighted by molar-refractivity contribution is 5.96. The predicted octanol–water partition coefficient (Wildman–Crippen LogP) is 12.2. The van der Waals surface area contributed by atoms with Crippen LogP contribution in [-0.4, -0.2) is 19.9 Å². The minimum Gasteiger partial charge on any atom is -0.256 e. The van der Waals surface area contributed by atoms with Crippen molar-refractivity contribution in [3.8, 4) is 55.9 Å². The van der Waals surface area contributed by atoms with Crippen molar-refractivity contribution < 1.29 is 0 Å². The van der Waals surface area contributed by atoms with Crippen LogP contribution in [0.2, 0.25) is 0 Å². The minimum atomic E-state index is 0.946. The monoisotopic (exact) mass is 662 g/mol. The van der Waals surface area contributed by atoms with Gasteiger partial charge in [0.25, 0.3) is 0 Å². The Morgan fingerprint density at radius 2 is 0.731 bits per heavy atom. The van der Waals surface area contributed by atoms with Crippen molar-refractivity contribution in [1.29, 1.82) is 0 Å². The number of hydrogen-bond donors (Lipinski definition) is 0. The molecule has 6 aromatic carbocycles. The quantitative estimate of drug-likeness (QED) is 0.184. The molecule has 4 aromatic heterocycles. The highest BCUT2D eigenvalue weighted by atomic mass is 14.7. The lowest BCUT2D eigenvalue weighted by Gasteiger charge is -2.10. The minimum absolute atomic E-state index is 0.946. The van der Waals surface area contributed by atoms with Gasteiger partial charge >= 0.3 is 0 Å². The Morgan fingerprint density at radius 3 is 1.23 bits per heavy atom. The summed E-state index contributed by atoms with van der Waals surface area (Å²) in [7, 11) is 0. The zero-order valence-electron chi connectivity index (χ0n) is 28.1. The van der Waals surface area contributed by atoms with E-state index in [9.17, 15) is 0 Å². The van der Waals surface area contributed by atoms with Gasteiger partial charge in [0.2, 0.25) is 0 Å². The molecule has 0 aliphatic carbocycles. The molecule has 0 spiro atoms. The van der Waals surface area contributed by atoms with E-state index in [0.717, 1.165) is 99.5 Å². The van der Waals surface area contributed by atoms with E-state index in [1.165, 1.54) is 0 Å². The van der Waals surface area contributed by atoms with Crippen LogP contribution in [0.25, 0.3) is 99.5 Å². The number of aromatic nitrogens is 4. The van der Waals surface area contributed by atoms with Crippen LogP contribution in [0.5, 0.6) is 0 Å². The average Bonchev–Trinajstić information content (AvgIpc) is 3.22. The predicted molar refractivity (Wildman–Crippen MR) is 215 cm³/mol. The molecule has 0 aliphatic rings. The molecule has 0 saturated carbocycles. The highest BCUT2D eigenvalue weighted by Crippen LogP contribution is 2.34. The first-order valence-electron chi connectivity index (χ1n) is 17.4. The van der Waals surface area contributed by atoms with E-state index in [-0.39, 0.29) is 0 Å². The summed E-state index contributed by atoms with van der Waals surface area (Å²) in [6.45, 7) is 0. The summed E-state index contributed by atoms with van der Waals surface area (Å²) < 4.78 is 0.